The van der Waals surface area contributed by atoms with Crippen LogP contribution in [-0.2, 0) is 39.8 Å². The molecule has 14 nitrogen and oxygen atoms in total. The number of nitrogens with zero attached hydrogens (tertiary/aromatic N) is 2. The maximum Gasteiger partial charge on any atom is 0.311 e. The van der Waals surface area contributed by atoms with Crippen molar-refractivity contribution in [3.8, 4) is 0 Å². The fourth-order valence-electron chi connectivity index (χ4n) is 9.65. The summed E-state index contributed by atoms with van der Waals surface area (Å²) in [5.74, 6) is -2.65. The standard InChI is InChI=1S/C44H76N2O12/c1-14-33-44(10,52)37(48)29(6)45(11)23-25(2)21-42(8,51)39(58-41-35(47)32(20-26(3)54-41)46(12)24-31-18-16-15-17-19-31)27(4)36(28(5)40(50)56-33)57-34-22-43(9,53-13)38(49)30(7)55-34/h15-19,25-30,32-39,41,47-49,51-52H,14,20-24H2,1-13H3/t25-,26-,27+,28-,29-,30+,32+,33-,34?,35-,36+,37-,38+,39-,41+,42-,43-,44-/m1/s1. The lowest BCUT2D eigenvalue weighted by atomic mass is 9.77. The molecule has 4 rings (SSSR count). The highest BCUT2D eigenvalue weighted by atomic mass is 16.7. The molecule has 18 atom stereocenters. The normalized spacial score (nSPS) is 45.6. The van der Waals surface area contributed by atoms with Gasteiger partial charge in [-0.3, -0.25) is 9.69 Å². The minimum Gasteiger partial charge on any atom is -0.459 e. The van der Waals surface area contributed by atoms with Gasteiger partial charge in [0.25, 0.3) is 0 Å². The van der Waals surface area contributed by atoms with E-state index in [2.05, 4.69) is 4.90 Å². The molecule has 5 N–H and O–H groups in total. The molecule has 3 saturated heterocycles. The van der Waals surface area contributed by atoms with E-state index in [1.807, 2.05) is 70.1 Å². The second-order valence-corrected chi connectivity index (χ2v) is 18.6. The van der Waals surface area contributed by atoms with Gasteiger partial charge in [-0.05, 0) is 93.3 Å². The topological polar surface area (TPSA) is 180 Å². The molecule has 58 heavy (non-hydrogen) atoms. The lowest BCUT2D eigenvalue weighted by molar-refractivity contribution is -0.318. The van der Waals surface area contributed by atoms with Gasteiger partial charge in [0.15, 0.2) is 12.6 Å². The van der Waals surface area contributed by atoms with Crippen LogP contribution in [-0.4, -0.2) is 159 Å². The Labute approximate surface area is 347 Å². The van der Waals surface area contributed by atoms with E-state index in [9.17, 15) is 30.3 Å². The molecule has 0 aliphatic carbocycles. The van der Waals surface area contributed by atoms with Crippen LogP contribution in [0.5, 0.6) is 0 Å². The molecular formula is C44H76N2O12. The van der Waals surface area contributed by atoms with E-state index in [1.165, 1.54) is 14.0 Å². The predicted molar refractivity (Wildman–Crippen MR) is 218 cm³/mol. The molecule has 0 aromatic heterocycles. The van der Waals surface area contributed by atoms with E-state index in [0.29, 0.717) is 19.5 Å². The lowest BCUT2D eigenvalue weighted by Crippen LogP contribution is -2.60. The minimum absolute atomic E-state index is 0.124. The molecule has 334 valence electrons. The zero-order valence-corrected chi connectivity index (χ0v) is 37.3. The van der Waals surface area contributed by atoms with Crippen molar-refractivity contribution in [1.82, 2.24) is 9.80 Å². The van der Waals surface area contributed by atoms with Crippen LogP contribution in [0.15, 0.2) is 30.3 Å². The van der Waals surface area contributed by atoms with Crippen LogP contribution in [0.1, 0.15) is 100 Å². The summed E-state index contributed by atoms with van der Waals surface area (Å²) in [6.45, 7) is 18.7. The van der Waals surface area contributed by atoms with Crippen LogP contribution in [0.3, 0.4) is 0 Å². The molecular weight excluding hydrogens is 748 g/mol. The van der Waals surface area contributed by atoms with Crippen molar-refractivity contribution in [2.45, 2.75) is 192 Å². The Morgan fingerprint density at radius 3 is 2.17 bits per heavy atom. The number of likely N-dealkylation sites (N-methyl/N-ethyl adjacent to an activating group) is 2. The third kappa shape index (κ3) is 11.2. The van der Waals surface area contributed by atoms with Gasteiger partial charge in [0, 0.05) is 44.6 Å². The van der Waals surface area contributed by atoms with Crippen LogP contribution >= 0.6 is 0 Å². The van der Waals surface area contributed by atoms with Crippen LogP contribution in [0, 0.1) is 17.8 Å². The summed E-state index contributed by atoms with van der Waals surface area (Å²) in [7, 11) is 5.32. The smallest absolute Gasteiger partial charge is 0.311 e. The summed E-state index contributed by atoms with van der Waals surface area (Å²) in [5.41, 5.74) is -3.34. The summed E-state index contributed by atoms with van der Waals surface area (Å²) < 4.78 is 38.0. The molecule has 3 aliphatic heterocycles. The van der Waals surface area contributed by atoms with Gasteiger partial charge in [0.2, 0.25) is 0 Å². The average Bonchev–Trinajstić information content (AvgIpc) is 3.16. The molecule has 14 heteroatoms. The number of methoxy groups -OCH3 is 1. The maximum atomic E-state index is 14.3. The van der Waals surface area contributed by atoms with E-state index in [0.717, 1.165) is 5.56 Å². The zero-order valence-electron chi connectivity index (χ0n) is 37.3. The van der Waals surface area contributed by atoms with Crippen molar-refractivity contribution >= 4 is 5.97 Å². The number of hydrogen-bond acceptors (Lipinski definition) is 14. The molecule has 0 spiro atoms. The second kappa shape index (κ2) is 19.9. The predicted octanol–water partition coefficient (Wildman–Crippen LogP) is 3.47. The Morgan fingerprint density at radius 1 is 0.931 bits per heavy atom. The number of aliphatic hydroxyl groups is 5. The van der Waals surface area contributed by atoms with E-state index < -0.39 is 96.0 Å². The average molecular weight is 825 g/mol. The molecule has 3 heterocycles. The summed E-state index contributed by atoms with van der Waals surface area (Å²) in [4.78, 5) is 18.4. The molecule has 0 radical (unpaired) electrons. The van der Waals surface area contributed by atoms with Crippen LogP contribution in [0.25, 0.3) is 0 Å². The first kappa shape index (κ1) is 48.9. The number of cyclic esters (lactones) is 1. The molecule has 3 aliphatic rings. The number of benzene rings is 1. The number of aliphatic hydroxyl groups excluding tert-OH is 3. The first-order valence-electron chi connectivity index (χ1n) is 21.3. The molecule has 0 saturated carbocycles. The molecule has 0 bridgehead atoms. The molecule has 1 aromatic carbocycles. The number of carbonyl (C=O) groups is 1. The summed E-state index contributed by atoms with van der Waals surface area (Å²) >= 11 is 0. The largest absolute Gasteiger partial charge is 0.459 e. The van der Waals surface area contributed by atoms with Crippen LogP contribution < -0.4 is 0 Å². The Morgan fingerprint density at radius 2 is 1.57 bits per heavy atom. The summed E-state index contributed by atoms with van der Waals surface area (Å²) in [6, 6.07) is 9.12. The van der Waals surface area contributed by atoms with E-state index in [-0.39, 0.29) is 37.3 Å². The summed E-state index contributed by atoms with van der Waals surface area (Å²) in [6.07, 6.45) is -8.51. The number of carbonyl (C=O) groups excluding carboxylic acids is 1. The van der Waals surface area contributed by atoms with Gasteiger partial charge < -0.3 is 58.9 Å². The highest BCUT2D eigenvalue weighted by molar-refractivity contribution is 5.73. The SMILES string of the molecule is CC[C@H]1OC(=O)[C@H](C)[C@@H](OC2C[C@@](C)(OC)[C@@H](O)[C@H](C)O2)[C@H](C)[C@@H](O[C@@H]2O[C@H](C)C[C@H](N(C)Cc3ccccc3)[C@H]2O)[C@](C)(O)C[C@@H](C)CN(C)[C@H](C)[C@@H](O)[C@]1(C)O. The molecule has 3 fully saturated rings. The highest BCUT2D eigenvalue weighted by Gasteiger charge is 2.52. The van der Waals surface area contributed by atoms with E-state index in [1.54, 1.807) is 41.5 Å². The van der Waals surface area contributed by atoms with E-state index in [4.69, 9.17) is 28.4 Å². The number of esters is 1. The Bertz CT molecular complexity index is 1440. The highest BCUT2D eigenvalue weighted by Crippen LogP contribution is 2.40. The third-order valence-corrected chi connectivity index (χ3v) is 13.4. The van der Waals surface area contributed by atoms with Gasteiger partial charge in [-0.15, -0.1) is 0 Å². The van der Waals surface area contributed by atoms with Gasteiger partial charge >= 0.3 is 5.97 Å². The lowest BCUT2D eigenvalue weighted by Gasteiger charge is -2.49. The van der Waals surface area contributed by atoms with Crippen molar-refractivity contribution in [2.75, 3.05) is 27.7 Å². The van der Waals surface area contributed by atoms with Crippen molar-refractivity contribution in [3.63, 3.8) is 0 Å². The first-order chi connectivity index (χ1) is 27.0. The Kier molecular flexibility index (Phi) is 16.8. The van der Waals surface area contributed by atoms with Crippen molar-refractivity contribution in [3.05, 3.63) is 35.9 Å². The first-order valence-corrected chi connectivity index (χ1v) is 21.3. The fraction of sp³-hybridized carbons (Fsp3) is 0.841. The Hall–Kier alpha value is -1.79. The van der Waals surface area contributed by atoms with Gasteiger partial charge in [-0.1, -0.05) is 51.1 Å². The molecule has 0 amide bonds. The zero-order chi connectivity index (χ0) is 43.5. The third-order valence-electron chi connectivity index (χ3n) is 13.4. The van der Waals surface area contributed by atoms with Gasteiger partial charge in [-0.2, -0.15) is 0 Å². The van der Waals surface area contributed by atoms with Crippen molar-refractivity contribution in [1.29, 1.82) is 0 Å². The number of rotatable bonds is 9. The number of hydrogen-bond donors (Lipinski definition) is 5. The molecule has 1 unspecified atom stereocenters. The minimum atomic E-state index is -1.81. The van der Waals surface area contributed by atoms with Crippen LogP contribution in [0.4, 0.5) is 0 Å². The monoisotopic (exact) mass is 825 g/mol. The van der Waals surface area contributed by atoms with Gasteiger partial charge in [0.05, 0.1) is 41.5 Å². The molecule has 1 aromatic rings. The van der Waals surface area contributed by atoms with Gasteiger partial charge in [-0.25, -0.2) is 0 Å². The quantitative estimate of drug-likeness (QED) is 0.229. The van der Waals surface area contributed by atoms with Crippen molar-refractivity contribution in [2.24, 2.45) is 17.8 Å². The van der Waals surface area contributed by atoms with Crippen molar-refractivity contribution < 1.29 is 58.7 Å². The summed E-state index contributed by atoms with van der Waals surface area (Å²) in [5, 5.41) is 59.1. The second-order valence-electron chi connectivity index (χ2n) is 18.6. The Balaban J connectivity index is 1.79. The fourth-order valence-corrected chi connectivity index (χ4v) is 9.65. The maximum absolute atomic E-state index is 14.3. The van der Waals surface area contributed by atoms with Gasteiger partial charge in [0.1, 0.15) is 30.0 Å². The van der Waals surface area contributed by atoms with Crippen LogP contribution in [0.2, 0.25) is 0 Å². The number of ether oxygens (including phenoxy) is 6. The van der Waals surface area contributed by atoms with E-state index >= 15 is 0 Å².